The number of hydrogen-bond donors (Lipinski definition) is 0. The van der Waals surface area contributed by atoms with E-state index in [1.165, 1.54) is 12.5 Å². The number of esters is 1. The highest BCUT2D eigenvalue weighted by atomic mass is 16.5. The second-order valence-electron chi connectivity index (χ2n) is 14.3. The van der Waals surface area contributed by atoms with Crippen molar-refractivity contribution in [3.05, 3.63) is 34.9 Å². The van der Waals surface area contributed by atoms with Gasteiger partial charge in [-0.25, -0.2) is 0 Å². The summed E-state index contributed by atoms with van der Waals surface area (Å²) in [6, 6.07) is 8.42. The normalized spacial score (nSPS) is 33.8. The van der Waals surface area contributed by atoms with Crippen LogP contribution in [0.25, 0.3) is 0 Å². The molecule has 0 saturated heterocycles. The first-order chi connectivity index (χ1) is 19.8. The van der Waals surface area contributed by atoms with Crippen molar-refractivity contribution in [3.63, 3.8) is 0 Å². The number of carbonyl (C=O) groups excluding carboxylic acids is 1. The fourth-order valence-corrected chi connectivity index (χ4v) is 8.93. The van der Waals surface area contributed by atoms with E-state index in [0.29, 0.717) is 30.1 Å². The Morgan fingerprint density at radius 2 is 1.64 bits per heavy atom. The number of hydrogen-bond acceptors (Lipinski definition) is 6. The van der Waals surface area contributed by atoms with Crippen molar-refractivity contribution >= 4 is 5.97 Å². The lowest BCUT2D eigenvalue weighted by molar-refractivity contribution is -0.148. The summed E-state index contributed by atoms with van der Waals surface area (Å²) in [5.74, 6) is -0.315. The quantitative estimate of drug-likeness (QED) is 0.227. The van der Waals surface area contributed by atoms with Gasteiger partial charge in [0, 0.05) is 19.3 Å². The van der Waals surface area contributed by atoms with Crippen LogP contribution in [0.5, 0.6) is 0 Å². The molecule has 0 radical (unpaired) electrons. The van der Waals surface area contributed by atoms with Gasteiger partial charge < -0.3 is 4.74 Å². The van der Waals surface area contributed by atoms with Crippen LogP contribution in [-0.2, 0) is 9.53 Å². The van der Waals surface area contributed by atoms with Crippen molar-refractivity contribution in [2.75, 3.05) is 0 Å². The molecule has 2 unspecified atom stereocenters. The highest BCUT2D eigenvalue weighted by Crippen LogP contribution is 2.67. The summed E-state index contributed by atoms with van der Waals surface area (Å²) in [7, 11) is 0. The molecule has 0 spiro atoms. The molecule has 2 saturated carbocycles. The minimum atomic E-state index is -1.82. The third-order valence-electron chi connectivity index (χ3n) is 11.8. The van der Waals surface area contributed by atoms with Gasteiger partial charge in [-0.3, -0.25) is 4.79 Å². The third kappa shape index (κ3) is 4.99. The molecule has 0 heterocycles. The van der Waals surface area contributed by atoms with Gasteiger partial charge in [0.15, 0.2) is 11.3 Å². The van der Waals surface area contributed by atoms with Gasteiger partial charge >= 0.3 is 5.97 Å². The highest BCUT2D eigenvalue weighted by Gasteiger charge is 2.60. The maximum atomic E-state index is 11.8. The zero-order chi connectivity index (χ0) is 31.0. The number of nitrogens with zero attached hydrogens (tertiary/aromatic N) is 4. The second-order valence-corrected chi connectivity index (χ2v) is 14.3. The highest BCUT2D eigenvalue weighted by molar-refractivity contribution is 5.66. The Labute approximate surface area is 252 Å². The smallest absolute Gasteiger partial charge is 0.302 e. The molecule has 2 fully saturated rings. The molecule has 42 heavy (non-hydrogen) atoms. The molecule has 0 amide bonds. The standard InChI is InChI=1S/C36H46N4O2/c1-22(2)23(3)8-9-24(4)29-10-11-30-33-31(13-15-35(29,30)7)34(6)14-12-28(42-25(5)41)16-26(34)17-32(33)36(20-39,21-40)27(18-37)19-38/h8-9,17,22-24,27-29,31-32H,10-16H2,1-7H3/t23-,24+,28?,29+,31-,32?,34-,35+/m0/s1. The van der Waals surface area contributed by atoms with Gasteiger partial charge in [-0.05, 0) is 78.9 Å². The van der Waals surface area contributed by atoms with E-state index in [1.807, 2.05) is 12.1 Å². The Bertz CT molecular complexity index is 1330. The zero-order valence-corrected chi connectivity index (χ0v) is 26.4. The van der Waals surface area contributed by atoms with Crippen molar-refractivity contribution in [1.82, 2.24) is 0 Å². The summed E-state index contributed by atoms with van der Waals surface area (Å²) >= 11 is 0. The predicted octanol–water partition coefficient (Wildman–Crippen LogP) is 7.97. The van der Waals surface area contributed by atoms with E-state index in [1.54, 1.807) is 0 Å². The molecule has 0 aromatic heterocycles. The average molecular weight is 567 g/mol. The first-order valence-electron chi connectivity index (χ1n) is 15.7. The van der Waals surface area contributed by atoms with Crippen LogP contribution < -0.4 is 0 Å². The molecule has 4 aliphatic rings. The number of ether oxygens (including phenoxy) is 1. The van der Waals surface area contributed by atoms with Crippen LogP contribution in [0.1, 0.15) is 93.4 Å². The Morgan fingerprint density at radius 3 is 2.21 bits per heavy atom. The van der Waals surface area contributed by atoms with Gasteiger partial charge in [0.2, 0.25) is 0 Å². The summed E-state index contributed by atoms with van der Waals surface area (Å²) < 4.78 is 5.63. The lowest BCUT2D eigenvalue weighted by Crippen LogP contribution is -2.49. The fraction of sp³-hybridized carbons (Fsp3) is 0.694. The maximum Gasteiger partial charge on any atom is 0.302 e. The van der Waals surface area contributed by atoms with Gasteiger partial charge in [0.05, 0.1) is 24.3 Å². The molecule has 0 bridgehead atoms. The Morgan fingerprint density at radius 1 is 1.00 bits per heavy atom. The number of fused-ring (bicyclic) bond motifs is 4. The van der Waals surface area contributed by atoms with Crippen molar-refractivity contribution in [2.24, 2.45) is 57.7 Å². The minimum absolute atomic E-state index is 0.0724. The first-order valence-corrected chi connectivity index (χ1v) is 15.7. The molecule has 0 aromatic rings. The predicted molar refractivity (Wildman–Crippen MR) is 160 cm³/mol. The van der Waals surface area contributed by atoms with Crippen LogP contribution >= 0.6 is 0 Å². The van der Waals surface area contributed by atoms with Crippen molar-refractivity contribution in [3.8, 4) is 24.3 Å². The summed E-state index contributed by atoms with van der Waals surface area (Å²) in [4.78, 5) is 11.8. The molecule has 0 aromatic carbocycles. The SMILES string of the molecule is CC(=O)OC1CC[C@@]2(C)C(=CC(C(C#N)(C#N)C(C#N)C#N)C3=C4CC[C@H]([C@H](C)C=C[C@H](C)C(C)C)[C@@]4(C)CC[C@@H]32)C1. The summed E-state index contributed by atoms with van der Waals surface area (Å²) in [5.41, 5.74) is 1.53. The number of nitriles is 4. The molecule has 6 heteroatoms. The number of carbonyl (C=O) groups is 1. The zero-order valence-electron chi connectivity index (χ0n) is 26.4. The fourth-order valence-electron chi connectivity index (χ4n) is 8.93. The van der Waals surface area contributed by atoms with Gasteiger partial charge in [-0.1, -0.05) is 76.5 Å². The summed E-state index contributed by atoms with van der Waals surface area (Å²) in [6.07, 6.45) is 12.7. The molecule has 8 atom stereocenters. The Hall–Kier alpha value is -3.35. The van der Waals surface area contributed by atoms with E-state index in [9.17, 15) is 25.8 Å². The molecule has 4 rings (SSSR count). The average Bonchev–Trinajstić information content (AvgIpc) is 3.31. The van der Waals surface area contributed by atoms with E-state index in [2.05, 4.69) is 71.9 Å². The van der Waals surface area contributed by atoms with E-state index in [0.717, 1.165) is 49.7 Å². The monoisotopic (exact) mass is 566 g/mol. The lowest BCUT2D eigenvalue weighted by atomic mass is 9.47. The van der Waals surface area contributed by atoms with Crippen LogP contribution in [0.4, 0.5) is 0 Å². The van der Waals surface area contributed by atoms with Crippen LogP contribution in [0.3, 0.4) is 0 Å². The number of allylic oxidation sites excluding steroid dienone is 5. The van der Waals surface area contributed by atoms with Crippen LogP contribution in [0.15, 0.2) is 34.9 Å². The Balaban J connectivity index is 1.90. The molecular weight excluding hydrogens is 520 g/mol. The van der Waals surface area contributed by atoms with Gasteiger partial charge in [0.25, 0.3) is 0 Å². The summed E-state index contributed by atoms with van der Waals surface area (Å²) in [5, 5.41) is 41.2. The second kappa shape index (κ2) is 11.7. The molecule has 4 aliphatic carbocycles. The topological polar surface area (TPSA) is 121 Å². The van der Waals surface area contributed by atoms with E-state index >= 15 is 0 Å². The maximum absolute atomic E-state index is 11.8. The molecule has 0 aliphatic heterocycles. The van der Waals surface area contributed by atoms with Gasteiger partial charge in [0.1, 0.15) is 6.10 Å². The van der Waals surface area contributed by atoms with E-state index < -0.39 is 17.3 Å². The van der Waals surface area contributed by atoms with Crippen LogP contribution in [0.2, 0.25) is 0 Å². The molecular formula is C36H46N4O2. The van der Waals surface area contributed by atoms with Crippen LogP contribution in [-0.4, -0.2) is 12.1 Å². The van der Waals surface area contributed by atoms with Gasteiger partial charge in [-0.15, -0.1) is 0 Å². The van der Waals surface area contributed by atoms with Crippen molar-refractivity contribution < 1.29 is 9.53 Å². The van der Waals surface area contributed by atoms with E-state index in [-0.39, 0.29) is 28.8 Å². The molecule has 0 N–H and O–H groups in total. The first kappa shape index (κ1) is 31.6. The van der Waals surface area contributed by atoms with Crippen molar-refractivity contribution in [1.29, 1.82) is 21.0 Å². The van der Waals surface area contributed by atoms with E-state index in [4.69, 9.17) is 4.74 Å². The van der Waals surface area contributed by atoms with Crippen molar-refractivity contribution in [2.45, 2.75) is 99.5 Å². The third-order valence-corrected chi connectivity index (χ3v) is 11.8. The Kier molecular flexibility index (Phi) is 8.82. The summed E-state index contributed by atoms with van der Waals surface area (Å²) in [6.45, 7) is 15.2. The minimum Gasteiger partial charge on any atom is -0.462 e. The van der Waals surface area contributed by atoms with Gasteiger partial charge in [-0.2, -0.15) is 21.0 Å². The molecule has 6 nitrogen and oxygen atoms in total. The largest absolute Gasteiger partial charge is 0.462 e. The molecule has 222 valence electrons. The number of rotatable bonds is 7. The lowest BCUT2D eigenvalue weighted by Gasteiger charge is -2.56. The van der Waals surface area contributed by atoms with Crippen LogP contribution in [0, 0.1) is 103 Å².